The fourth-order valence-electron chi connectivity index (χ4n) is 7.58. The zero-order valence-corrected chi connectivity index (χ0v) is 25.2. The van der Waals surface area contributed by atoms with Gasteiger partial charge in [-0.25, -0.2) is 0 Å². The van der Waals surface area contributed by atoms with Crippen molar-refractivity contribution in [3.63, 3.8) is 0 Å². The summed E-state index contributed by atoms with van der Waals surface area (Å²) in [7, 11) is 0. The smallest absolute Gasteiger partial charge is 0.0714 e. The van der Waals surface area contributed by atoms with Gasteiger partial charge in [-0.1, -0.05) is 157 Å². The van der Waals surface area contributed by atoms with Crippen LogP contribution in [0, 0.1) is 0 Å². The monoisotopic (exact) mass is 593 g/mol. The highest BCUT2D eigenvalue weighted by Crippen LogP contribution is 2.58. The summed E-state index contributed by atoms with van der Waals surface area (Å²) in [5.41, 5.74) is 14.0. The van der Waals surface area contributed by atoms with Gasteiger partial charge in [0, 0.05) is 26.9 Å². The minimum absolute atomic E-state index is 0.537. The number of fused-ring (bicyclic) bond motifs is 7. The summed E-state index contributed by atoms with van der Waals surface area (Å²) in [5.74, 6) is 0. The van der Waals surface area contributed by atoms with Crippen molar-refractivity contribution in [2.75, 3.05) is 0 Å². The van der Waals surface area contributed by atoms with E-state index in [4.69, 9.17) is 11.6 Å². The number of para-hydroxylation sites is 1. The van der Waals surface area contributed by atoms with Gasteiger partial charge < -0.3 is 4.98 Å². The Bertz CT molecular complexity index is 2270. The molecule has 0 bridgehead atoms. The number of aromatic nitrogens is 1. The molecule has 2 heteroatoms. The molecule has 0 fully saturated rings. The van der Waals surface area contributed by atoms with Crippen LogP contribution in [-0.4, -0.2) is 4.98 Å². The van der Waals surface area contributed by atoms with Gasteiger partial charge in [-0.05, 0) is 68.3 Å². The number of nitrogens with one attached hydrogen (secondary N) is 1. The van der Waals surface area contributed by atoms with E-state index in [-0.39, 0.29) is 0 Å². The standard InChI is InChI=1S/C43H28ClN/c44-34-23-25-38-37(27-34)41-39(26-24-36-35-13-7-8-14-40(35)45-42(36)41)43(38,32-19-15-30(16-20-32)28-9-3-1-4-10-28)33-21-17-31(18-22-33)29-11-5-2-6-12-29/h1-27,45H. The molecule has 1 aromatic heterocycles. The number of aromatic amines is 1. The molecule has 0 spiro atoms. The SMILES string of the molecule is Clc1ccc2c(c1)-c1c(ccc3c1[nH]c1ccccc13)C2(c1ccc(-c2ccccc2)cc1)c1ccc(-c2ccccc2)cc1. The van der Waals surface area contributed by atoms with Gasteiger partial charge in [0.2, 0.25) is 0 Å². The number of hydrogen-bond acceptors (Lipinski definition) is 0. The lowest BCUT2D eigenvalue weighted by molar-refractivity contribution is 0.769. The Hall–Kier alpha value is -5.37. The Morgan fingerprint density at radius 2 is 0.978 bits per heavy atom. The number of halogens is 1. The van der Waals surface area contributed by atoms with E-state index in [1.54, 1.807) is 0 Å². The minimum Gasteiger partial charge on any atom is -0.354 e. The first kappa shape index (κ1) is 26.1. The third-order valence-corrected chi connectivity index (χ3v) is 9.83. The molecule has 0 amide bonds. The molecule has 1 N–H and O–H groups in total. The predicted molar refractivity (Wildman–Crippen MR) is 189 cm³/mol. The fraction of sp³-hybridized carbons (Fsp3) is 0.0233. The topological polar surface area (TPSA) is 15.8 Å². The molecule has 7 aromatic carbocycles. The van der Waals surface area contributed by atoms with E-state index in [0.717, 1.165) is 16.1 Å². The zero-order chi connectivity index (χ0) is 30.0. The van der Waals surface area contributed by atoms with Crippen LogP contribution in [0.4, 0.5) is 0 Å². The van der Waals surface area contributed by atoms with E-state index >= 15 is 0 Å². The molecule has 0 atom stereocenters. The van der Waals surface area contributed by atoms with Gasteiger partial charge in [0.25, 0.3) is 0 Å². The second-order valence-corrected chi connectivity index (χ2v) is 12.3. The Morgan fingerprint density at radius 1 is 0.444 bits per heavy atom. The largest absolute Gasteiger partial charge is 0.354 e. The predicted octanol–water partition coefficient (Wildman–Crippen LogP) is 11.7. The van der Waals surface area contributed by atoms with E-state index in [2.05, 4.69) is 163 Å². The summed E-state index contributed by atoms with van der Waals surface area (Å²) in [6.45, 7) is 0. The van der Waals surface area contributed by atoms with E-state index in [0.29, 0.717) is 0 Å². The van der Waals surface area contributed by atoms with Gasteiger partial charge in [-0.3, -0.25) is 0 Å². The number of H-pyrrole nitrogens is 1. The molecule has 1 aliphatic carbocycles. The summed E-state index contributed by atoms with van der Waals surface area (Å²) in [4.78, 5) is 3.80. The van der Waals surface area contributed by atoms with Crippen molar-refractivity contribution in [2.45, 2.75) is 5.41 Å². The average Bonchev–Trinajstić information content (AvgIpc) is 3.63. The minimum atomic E-state index is -0.537. The summed E-state index contributed by atoms with van der Waals surface area (Å²) in [6, 6.07) is 59.1. The Morgan fingerprint density at radius 3 is 1.60 bits per heavy atom. The highest BCUT2D eigenvalue weighted by Gasteiger charge is 2.47. The summed E-state index contributed by atoms with van der Waals surface area (Å²) in [5, 5.41) is 3.20. The number of benzene rings is 7. The molecule has 45 heavy (non-hydrogen) atoms. The van der Waals surface area contributed by atoms with Crippen LogP contribution in [0.25, 0.3) is 55.2 Å². The van der Waals surface area contributed by atoms with Crippen LogP contribution in [0.15, 0.2) is 164 Å². The third-order valence-electron chi connectivity index (χ3n) is 9.59. The molecule has 1 heterocycles. The molecule has 1 aliphatic rings. The Labute approximate surface area is 267 Å². The first-order chi connectivity index (χ1) is 22.2. The van der Waals surface area contributed by atoms with Gasteiger partial charge in [0.05, 0.1) is 10.9 Å². The van der Waals surface area contributed by atoms with Crippen LogP contribution >= 0.6 is 11.6 Å². The summed E-state index contributed by atoms with van der Waals surface area (Å²) >= 11 is 6.77. The Balaban J connectivity index is 1.36. The molecule has 8 aromatic rings. The van der Waals surface area contributed by atoms with Crippen molar-refractivity contribution in [2.24, 2.45) is 0 Å². The molecular weight excluding hydrogens is 566 g/mol. The number of rotatable bonds is 4. The van der Waals surface area contributed by atoms with Crippen molar-refractivity contribution in [3.05, 3.63) is 191 Å². The van der Waals surface area contributed by atoms with Crippen molar-refractivity contribution in [1.29, 1.82) is 0 Å². The van der Waals surface area contributed by atoms with E-state index < -0.39 is 5.41 Å². The number of hydrogen-bond donors (Lipinski definition) is 1. The lowest BCUT2D eigenvalue weighted by atomic mass is 9.67. The highest BCUT2D eigenvalue weighted by molar-refractivity contribution is 6.31. The zero-order valence-electron chi connectivity index (χ0n) is 24.5. The van der Waals surface area contributed by atoms with Crippen molar-refractivity contribution >= 4 is 33.4 Å². The Kier molecular flexibility index (Phi) is 5.84. The maximum absolute atomic E-state index is 6.77. The van der Waals surface area contributed by atoms with Gasteiger partial charge in [0.1, 0.15) is 0 Å². The fourth-order valence-corrected chi connectivity index (χ4v) is 7.75. The second kappa shape index (κ2) is 10.1. The molecule has 0 aliphatic heterocycles. The molecule has 0 unspecified atom stereocenters. The highest BCUT2D eigenvalue weighted by atomic mass is 35.5. The van der Waals surface area contributed by atoms with Crippen LogP contribution < -0.4 is 0 Å². The molecule has 0 radical (unpaired) electrons. The van der Waals surface area contributed by atoms with E-state index in [9.17, 15) is 0 Å². The van der Waals surface area contributed by atoms with E-state index in [1.165, 1.54) is 66.4 Å². The van der Waals surface area contributed by atoms with E-state index in [1.807, 2.05) is 6.07 Å². The van der Waals surface area contributed by atoms with Gasteiger partial charge in [-0.2, -0.15) is 0 Å². The normalized spacial score (nSPS) is 13.2. The molecule has 9 rings (SSSR count). The molecule has 0 saturated heterocycles. The maximum Gasteiger partial charge on any atom is 0.0714 e. The van der Waals surface area contributed by atoms with Gasteiger partial charge in [-0.15, -0.1) is 0 Å². The summed E-state index contributed by atoms with van der Waals surface area (Å²) < 4.78 is 0. The van der Waals surface area contributed by atoms with Crippen LogP contribution in [-0.2, 0) is 5.41 Å². The maximum atomic E-state index is 6.77. The first-order valence-electron chi connectivity index (χ1n) is 15.4. The van der Waals surface area contributed by atoms with Crippen LogP contribution in [0.2, 0.25) is 5.02 Å². The van der Waals surface area contributed by atoms with Gasteiger partial charge in [0.15, 0.2) is 0 Å². The lowest BCUT2D eigenvalue weighted by Gasteiger charge is -2.34. The quantitative estimate of drug-likeness (QED) is 0.209. The third kappa shape index (κ3) is 3.88. The van der Waals surface area contributed by atoms with Crippen LogP contribution in [0.1, 0.15) is 22.3 Å². The van der Waals surface area contributed by atoms with Crippen LogP contribution in [0.3, 0.4) is 0 Å². The molecule has 212 valence electrons. The molecule has 1 nitrogen and oxygen atoms in total. The van der Waals surface area contributed by atoms with Crippen molar-refractivity contribution in [3.8, 4) is 33.4 Å². The van der Waals surface area contributed by atoms with Crippen molar-refractivity contribution in [1.82, 2.24) is 4.98 Å². The lowest BCUT2D eigenvalue weighted by Crippen LogP contribution is -2.28. The molecular formula is C43H28ClN. The second-order valence-electron chi connectivity index (χ2n) is 11.9. The first-order valence-corrected chi connectivity index (χ1v) is 15.8. The van der Waals surface area contributed by atoms with Gasteiger partial charge >= 0.3 is 0 Å². The average molecular weight is 594 g/mol. The van der Waals surface area contributed by atoms with Crippen LogP contribution in [0.5, 0.6) is 0 Å². The molecule has 0 saturated carbocycles. The van der Waals surface area contributed by atoms with Crippen molar-refractivity contribution < 1.29 is 0 Å². The summed E-state index contributed by atoms with van der Waals surface area (Å²) in [6.07, 6.45) is 0.